The van der Waals surface area contributed by atoms with Crippen LogP contribution in [-0.2, 0) is 6.54 Å². The lowest BCUT2D eigenvalue weighted by molar-refractivity contribution is 1.16. The van der Waals surface area contributed by atoms with E-state index in [0.29, 0.717) is 0 Å². The molecule has 0 amide bonds. The fraction of sp³-hybridized carbons (Fsp3) is 0.0556. The summed E-state index contributed by atoms with van der Waals surface area (Å²) in [6.45, 7) is 0.768. The Morgan fingerprint density at radius 2 is 1.67 bits per heavy atom. The minimum absolute atomic E-state index is 0.102. The van der Waals surface area contributed by atoms with Crippen LogP contribution < -0.4 is 11.1 Å². The number of anilines is 1. The van der Waals surface area contributed by atoms with E-state index in [2.05, 4.69) is 35.6 Å². The first kappa shape index (κ1) is 13.2. The van der Waals surface area contributed by atoms with Crippen LogP contribution in [-0.4, -0.2) is 5.84 Å². The molecule has 3 aromatic carbocycles. The van der Waals surface area contributed by atoms with Crippen molar-refractivity contribution in [1.29, 1.82) is 5.41 Å². The van der Waals surface area contributed by atoms with E-state index in [-0.39, 0.29) is 5.84 Å². The van der Waals surface area contributed by atoms with Crippen LogP contribution in [0.2, 0.25) is 0 Å². The van der Waals surface area contributed by atoms with Gasteiger partial charge in [-0.1, -0.05) is 42.5 Å². The van der Waals surface area contributed by atoms with Crippen molar-refractivity contribution in [1.82, 2.24) is 0 Å². The maximum absolute atomic E-state index is 7.52. The van der Waals surface area contributed by atoms with E-state index in [9.17, 15) is 0 Å². The smallest absolute Gasteiger partial charge is 0.122 e. The molecule has 0 bridgehead atoms. The Morgan fingerprint density at radius 3 is 2.43 bits per heavy atom. The van der Waals surface area contributed by atoms with Crippen molar-refractivity contribution in [3.8, 4) is 0 Å². The fourth-order valence-corrected chi connectivity index (χ4v) is 2.33. The number of para-hydroxylation sites is 1. The molecule has 104 valence electrons. The Bertz CT molecular complexity index is 779. The van der Waals surface area contributed by atoms with Gasteiger partial charge in [0.05, 0.1) is 0 Å². The van der Waals surface area contributed by atoms with Gasteiger partial charge in [0.25, 0.3) is 0 Å². The van der Waals surface area contributed by atoms with E-state index in [1.54, 1.807) is 0 Å². The highest BCUT2D eigenvalue weighted by molar-refractivity contribution is 5.99. The second-order valence-electron chi connectivity index (χ2n) is 5.03. The first-order valence-corrected chi connectivity index (χ1v) is 6.88. The molecular weight excluding hydrogens is 258 g/mol. The van der Waals surface area contributed by atoms with Gasteiger partial charge in [-0.3, -0.25) is 5.41 Å². The van der Waals surface area contributed by atoms with Crippen molar-refractivity contribution < 1.29 is 0 Å². The lowest BCUT2D eigenvalue weighted by Gasteiger charge is -2.08. The van der Waals surface area contributed by atoms with E-state index in [4.69, 9.17) is 11.1 Å². The topological polar surface area (TPSA) is 61.9 Å². The van der Waals surface area contributed by atoms with Crippen molar-refractivity contribution in [3.63, 3.8) is 0 Å². The summed E-state index contributed by atoms with van der Waals surface area (Å²) < 4.78 is 0. The van der Waals surface area contributed by atoms with Gasteiger partial charge in [0.1, 0.15) is 5.84 Å². The number of nitrogens with one attached hydrogen (secondary N) is 2. The summed E-state index contributed by atoms with van der Waals surface area (Å²) in [6, 6.07) is 22.3. The van der Waals surface area contributed by atoms with Gasteiger partial charge in [0.2, 0.25) is 0 Å². The van der Waals surface area contributed by atoms with Gasteiger partial charge in [0, 0.05) is 17.8 Å². The average molecular weight is 275 g/mol. The van der Waals surface area contributed by atoms with E-state index >= 15 is 0 Å². The normalized spacial score (nSPS) is 10.5. The predicted octanol–water partition coefficient (Wildman–Crippen LogP) is 3.74. The molecule has 0 unspecified atom stereocenters. The molecule has 0 radical (unpaired) electrons. The Balaban J connectivity index is 1.84. The number of hydrogen-bond acceptors (Lipinski definition) is 2. The molecule has 3 nitrogen and oxygen atoms in total. The van der Waals surface area contributed by atoms with Crippen LogP contribution in [0.25, 0.3) is 10.8 Å². The minimum Gasteiger partial charge on any atom is -0.384 e. The van der Waals surface area contributed by atoms with Crippen LogP contribution in [0, 0.1) is 5.41 Å². The number of fused-ring (bicyclic) bond motifs is 1. The SMILES string of the molecule is N=C(N)c1ccc2ccc(CNc3ccccc3)cc2c1. The molecule has 0 spiro atoms. The average Bonchev–Trinajstić information content (AvgIpc) is 2.53. The molecule has 21 heavy (non-hydrogen) atoms. The molecule has 0 saturated carbocycles. The zero-order valence-electron chi connectivity index (χ0n) is 11.6. The molecule has 0 saturated heterocycles. The molecule has 4 N–H and O–H groups in total. The van der Waals surface area contributed by atoms with Crippen molar-refractivity contribution in [2.45, 2.75) is 6.54 Å². The Kier molecular flexibility index (Phi) is 3.56. The Morgan fingerprint density at radius 1 is 0.905 bits per heavy atom. The number of benzene rings is 3. The summed E-state index contributed by atoms with van der Waals surface area (Å²) in [5.74, 6) is 0.102. The number of hydrogen-bond donors (Lipinski definition) is 3. The minimum atomic E-state index is 0.102. The Hall–Kier alpha value is -2.81. The van der Waals surface area contributed by atoms with Gasteiger partial charge < -0.3 is 11.1 Å². The molecule has 3 rings (SSSR count). The molecule has 0 heterocycles. The zero-order chi connectivity index (χ0) is 14.7. The molecule has 3 heteroatoms. The number of nitrogens with two attached hydrogens (primary N) is 1. The van der Waals surface area contributed by atoms with E-state index in [1.807, 2.05) is 36.4 Å². The van der Waals surface area contributed by atoms with Crippen LogP contribution in [0.3, 0.4) is 0 Å². The molecule has 0 aromatic heterocycles. The van der Waals surface area contributed by atoms with Crippen LogP contribution in [0.1, 0.15) is 11.1 Å². The third kappa shape index (κ3) is 3.03. The van der Waals surface area contributed by atoms with Gasteiger partial charge in [-0.25, -0.2) is 0 Å². The molecular formula is C18H17N3. The van der Waals surface area contributed by atoms with Crippen LogP contribution in [0.5, 0.6) is 0 Å². The molecule has 0 aliphatic carbocycles. The van der Waals surface area contributed by atoms with Gasteiger partial charge in [-0.2, -0.15) is 0 Å². The Labute approximate surface area is 123 Å². The van der Waals surface area contributed by atoms with Crippen molar-refractivity contribution in [3.05, 3.63) is 77.9 Å². The molecule has 0 aliphatic rings. The highest BCUT2D eigenvalue weighted by atomic mass is 14.9. The number of rotatable bonds is 4. The van der Waals surface area contributed by atoms with Crippen molar-refractivity contribution in [2.75, 3.05) is 5.32 Å². The number of amidine groups is 1. The first-order valence-electron chi connectivity index (χ1n) is 6.88. The second-order valence-corrected chi connectivity index (χ2v) is 5.03. The van der Waals surface area contributed by atoms with Gasteiger partial charge in [0.15, 0.2) is 0 Å². The number of nitrogen functional groups attached to an aromatic ring is 1. The van der Waals surface area contributed by atoms with Gasteiger partial charge >= 0.3 is 0 Å². The zero-order valence-corrected chi connectivity index (χ0v) is 11.6. The van der Waals surface area contributed by atoms with Gasteiger partial charge in [-0.05, 0) is 40.6 Å². The first-order chi connectivity index (χ1) is 10.2. The summed E-state index contributed by atoms with van der Waals surface area (Å²) in [5, 5.41) is 13.2. The highest BCUT2D eigenvalue weighted by Gasteiger charge is 2.01. The maximum atomic E-state index is 7.52. The standard InChI is InChI=1S/C18H17N3/c19-18(20)15-9-8-14-7-6-13(10-16(14)11-15)12-21-17-4-2-1-3-5-17/h1-11,21H,12H2,(H3,19,20). The predicted molar refractivity (Wildman–Crippen MR) is 88.7 cm³/mol. The lowest BCUT2D eigenvalue weighted by atomic mass is 10.0. The second kappa shape index (κ2) is 5.67. The van der Waals surface area contributed by atoms with E-state index in [1.165, 1.54) is 5.56 Å². The third-order valence-electron chi connectivity index (χ3n) is 3.49. The van der Waals surface area contributed by atoms with Crippen molar-refractivity contribution >= 4 is 22.3 Å². The summed E-state index contributed by atoms with van der Waals surface area (Å²) in [4.78, 5) is 0. The van der Waals surface area contributed by atoms with E-state index in [0.717, 1.165) is 28.6 Å². The quantitative estimate of drug-likeness (QED) is 0.502. The monoisotopic (exact) mass is 275 g/mol. The fourth-order valence-electron chi connectivity index (χ4n) is 2.33. The molecule has 3 aromatic rings. The third-order valence-corrected chi connectivity index (χ3v) is 3.49. The molecule has 0 aliphatic heterocycles. The summed E-state index contributed by atoms with van der Waals surface area (Å²) in [7, 11) is 0. The van der Waals surface area contributed by atoms with E-state index < -0.39 is 0 Å². The van der Waals surface area contributed by atoms with Crippen LogP contribution in [0.15, 0.2) is 66.7 Å². The summed E-state index contributed by atoms with van der Waals surface area (Å²) in [6.07, 6.45) is 0. The maximum Gasteiger partial charge on any atom is 0.122 e. The molecule has 0 fully saturated rings. The van der Waals surface area contributed by atoms with Crippen LogP contribution >= 0.6 is 0 Å². The molecule has 0 atom stereocenters. The van der Waals surface area contributed by atoms with Crippen LogP contribution in [0.4, 0.5) is 5.69 Å². The highest BCUT2D eigenvalue weighted by Crippen LogP contribution is 2.19. The van der Waals surface area contributed by atoms with Gasteiger partial charge in [-0.15, -0.1) is 0 Å². The lowest BCUT2D eigenvalue weighted by Crippen LogP contribution is -2.10. The largest absolute Gasteiger partial charge is 0.384 e. The van der Waals surface area contributed by atoms with Crippen molar-refractivity contribution in [2.24, 2.45) is 5.73 Å². The summed E-state index contributed by atoms with van der Waals surface area (Å²) >= 11 is 0. The summed E-state index contributed by atoms with van der Waals surface area (Å²) in [5.41, 5.74) is 8.62.